The second kappa shape index (κ2) is 11.2. The van der Waals surface area contributed by atoms with E-state index in [1.54, 1.807) is 6.26 Å². The van der Waals surface area contributed by atoms with Crippen LogP contribution in [0.15, 0.2) is 64.2 Å². The molecule has 6 nitrogen and oxygen atoms in total. The van der Waals surface area contributed by atoms with Crippen LogP contribution in [0.5, 0.6) is 5.75 Å². The number of rotatable bonds is 10. The first-order chi connectivity index (χ1) is 13.4. The summed E-state index contributed by atoms with van der Waals surface area (Å²) in [6.45, 7) is 11.3. The molecule has 0 aliphatic heterocycles. The number of nitrogens with one attached hydrogen (secondary N) is 2. The van der Waals surface area contributed by atoms with Crippen molar-refractivity contribution in [3.63, 3.8) is 0 Å². The molecule has 1 unspecified atom stereocenters. The summed E-state index contributed by atoms with van der Waals surface area (Å²) in [5, 5.41) is 16.9. The molecule has 6 heteroatoms. The zero-order chi connectivity index (χ0) is 20.4. The maximum absolute atomic E-state index is 10.5. The molecule has 0 spiro atoms. The molecule has 152 valence electrons. The smallest absolute Gasteiger partial charge is 0.191 e. The van der Waals surface area contributed by atoms with E-state index in [-0.39, 0.29) is 12.6 Å². The number of aliphatic hydroxyl groups is 1. The third kappa shape index (κ3) is 7.88. The van der Waals surface area contributed by atoms with Gasteiger partial charge in [0.25, 0.3) is 0 Å². The Bertz CT molecular complexity index is 737. The van der Waals surface area contributed by atoms with E-state index >= 15 is 0 Å². The molecule has 0 bridgehead atoms. The quantitative estimate of drug-likeness (QED) is 0.332. The predicted octanol–water partition coefficient (Wildman–Crippen LogP) is 3.45. The minimum Gasteiger partial charge on any atom is -0.491 e. The monoisotopic (exact) mass is 385 g/mol. The van der Waals surface area contributed by atoms with Crippen LogP contribution < -0.4 is 15.4 Å². The lowest BCUT2D eigenvalue weighted by Gasteiger charge is -2.15. The van der Waals surface area contributed by atoms with Crippen molar-refractivity contribution in [1.82, 2.24) is 10.6 Å². The maximum Gasteiger partial charge on any atom is 0.191 e. The second-order valence-corrected chi connectivity index (χ2v) is 7.01. The fourth-order valence-electron chi connectivity index (χ4n) is 2.49. The first kappa shape index (κ1) is 21.6. The van der Waals surface area contributed by atoms with Crippen molar-refractivity contribution in [2.75, 3.05) is 19.6 Å². The van der Waals surface area contributed by atoms with Gasteiger partial charge in [0.1, 0.15) is 11.5 Å². The van der Waals surface area contributed by atoms with E-state index < -0.39 is 6.10 Å². The van der Waals surface area contributed by atoms with Crippen molar-refractivity contribution in [3.8, 4) is 5.75 Å². The van der Waals surface area contributed by atoms with Crippen molar-refractivity contribution < 1.29 is 14.3 Å². The Hall–Kier alpha value is -2.73. The van der Waals surface area contributed by atoms with Crippen LogP contribution in [-0.2, 0) is 6.42 Å². The lowest BCUT2D eigenvalue weighted by atomic mass is 10.1. The largest absolute Gasteiger partial charge is 0.491 e. The summed E-state index contributed by atoms with van der Waals surface area (Å²) in [7, 11) is 0. The molecule has 0 radical (unpaired) electrons. The standard InChI is InChI=1S/C22H31N3O3/c1-16(2)14-24-22(23-12-11-19-6-5-13-27-19)25-15-21(26)18-7-9-20(10-8-18)28-17(3)4/h5-10,13,17,21,26H,1,11-12,14-15H2,2-4H3,(H2,23,24,25). The lowest BCUT2D eigenvalue weighted by molar-refractivity contribution is 0.186. The summed E-state index contributed by atoms with van der Waals surface area (Å²) in [6, 6.07) is 11.3. The number of aliphatic hydroxyl groups excluding tert-OH is 1. The molecule has 0 saturated carbocycles. The van der Waals surface area contributed by atoms with Gasteiger partial charge in [0.15, 0.2) is 5.96 Å². The average molecular weight is 386 g/mol. The topological polar surface area (TPSA) is 79.0 Å². The second-order valence-electron chi connectivity index (χ2n) is 7.01. The summed E-state index contributed by atoms with van der Waals surface area (Å²) < 4.78 is 11.0. The molecule has 2 aromatic rings. The number of guanidine groups is 1. The van der Waals surface area contributed by atoms with E-state index in [0.29, 0.717) is 19.0 Å². The lowest BCUT2D eigenvalue weighted by Crippen LogP contribution is -2.39. The molecule has 0 aliphatic rings. The molecule has 3 N–H and O–H groups in total. The molecule has 1 atom stereocenters. The highest BCUT2D eigenvalue weighted by Crippen LogP contribution is 2.19. The van der Waals surface area contributed by atoms with E-state index in [9.17, 15) is 5.11 Å². The molecule has 0 aliphatic carbocycles. The van der Waals surface area contributed by atoms with Crippen molar-refractivity contribution in [2.24, 2.45) is 4.99 Å². The third-order valence-corrected chi connectivity index (χ3v) is 3.86. The number of nitrogens with zero attached hydrogens (tertiary/aromatic N) is 1. The van der Waals surface area contributed by atoms with E-state index in [0.717, 1.165) is 29.1 Å². The summed E-state index contributed by atoms with van der Waals surface area (Å²) in [5.74, 6) is 2.33. The van der Waals surface area contributed by atoms with Crippen molar-refractivity contribution in [3.05, 3.63) is 66.1 Å². The minimum absolute atomic E-state index is 0.120. The predicted molar refractivity (Wildman–Crippen MR) is 113 cm³/mol. The molecule has 1 aromatic heterocycles. The van der Waals surface area contributed by atoms with E-state index in [2.05, 4.69) is 22.2 Å². The Morgan fingerprint density at radius 2 is 1.96 bits per heavy atom. The van der Waals surface area contributed by atoms with Gasteiger partial charge >= 0.3 is 0 Å². The number of aliphatic imine (C=N–C) groups is 1. The van der Waals surface area contributed by atoms with Gasteiger partial charge in [0, 0.05) is 19.5 Å². The van der Waals surface area contributed by atoms with Gasteiger partial charge in [0.05, 0.1) is 25.0 Å². The normalized spacial score (nSPS) is 12.7. The zero-order valence-corrected chi connectivity index (χ0v) is 16.9. The summed E-state index contributed by atoms with van der Waals surface area (Å²) in [4.78, 5) is 4.50. The van der Waals surface area contributed by atoms with Gasteiger partial charge in [-0.2, -0.15) is 0 Å². The Kier molecular flexibility index (Phi) is 8.62. The first-order valence-electron chi connectivity index (χ1n) is 9.57. The van der Waals surface area contributed by atoms with Crippen LogP contribution in [0, 0.1) is 0 Å². The first-order valence-corrected chi connectivity index (χ1v) is 9.57. The summed E-state index contributed by atoms with van der Waals surface area (Å²) in [5.41, 5.74) is 1.80. The van der Waals surface area contributed by atoms with E-state index in [1.807, 2.05) is 57.2 Å². The molecule has 1 heterocycles. The van der Waals surface area contributed by atoms with Crippen LogP contribution in [0.1, 0.15) is 38.2 Å². The van der Waals surface area contributed by atoms with Crippen LogP contribution in [0.4, 0.5) is 0 Å². The van der Waals surface area contributed by atoms with Gasteiger partial charge in [-0.3, -0.25) is 4.99 Å². The van der Waals surface area contributed by atoms with Crippen LogP contribution in [0.25, 0.3) is 0 Å². The molecule has 1 aromatic carbocycles. The van der Waals surface area contributed by atoms with Gasteiger partial charge in [-0.1, -0.05) is 24.3 Å². The van der Waals surface area contributed by atoms with Crippen molar-refractivity contribution in [1.29, 1.82) is 0 Å². The number of hydrogen-bond donors (Lipinski definition) is 3. The minimum atomic E-state index is -0.693. The summed E-state index contributed by atoms with van der Waals surface area (Å²) in [6.07, 6.45) is 1.84. The fourth-order valence-corrected chi connectivity index (χ4v) is 2.49. The molecular weight excluding hydrogens is 354 g/mol. The number of hydrogen-bond acceptors (Lipinski definition) is 4. The summed E-state index contributed by atoms with van der Waals surface area (Å²) >= 11 is 0. The highest BCUT2D eigenvalue weighted by molar-refractivity contribution is 5.80. The number of benzene rings is 1. The van der Waals surface area contributed by atoms with Crippen LogP contribution in [0.2, 0.25) is 0 Å². The van der Waals surface area contributed by atoms with E-state index in [4.69, 9.17) is 9.15 Å². The van der Waals surface area contributed by atoms with Gasteiger partial charge in [-0.25, -0.2) is 0 Å². The number of ether oxygens (including phenoxy) is 1. The van der Waals surface area contributed by atoms with Crippen LogP contribution in [-0.4, -0.2) is 36.8 Å². The van der Waals surface area contributed by atoms with Crippen molar-refractivity contribution in [2.45, 2.75) is 39.4 Å². The molecule has 0 amide bonds. The highest BCUT2D eigenvalue weighted by atomic mass is 16.5. The molecule has 28 heavy (non-hydrogen) atoms. The van der Waals surface area contributed by atoms with Gasteiger partial charge in [0.2, 0.25) is 0 Å². The molecule has 2 rings (SSSR count). The fraction of sp³-hybridized carbons (Fsp3) is 0.409. The molecular formula is C22H31N3O3. The SMILES string of the molecule is C=C(C)CNC(=NCC(O)c1ccc(OC(C)C)cc1)NCCc1ccco1. The van der Waals surface area contributed by atoms with Gasteiger partial charge < -0.3 is 24.9 Å². The zero-order valence-electron chi connectivity index (χ0n) is 16.9. The Morgan fingerprint density at radius 1 is 1.21 bits per heavy atom. The third-order valence-electron chi connectivity index (χ3n) is 3.86. The van der Waals surface area contributed by atoms with Crippen LogP contribution in [0.3, 0.4) is 0 Å². The molecule has 0 saturated heterocycles. The van der Waals surface area contributed by atoms with Gasteiger partial charge in [-0.05, 0) is 50.6 Å². The Morgan fingerprint density at radius 3 is 2.57 bits per heavy atom. The Labute approximate surface area is 167 Å². The molecule has 0 fully saturated rings. The Balaban J connectivity index is 1.91. The maximum atomic E-state index is 10.5. The average Bonchev–Trinajstić information content (AvgIpc) is 3.16. The highest BCUT2D eigenvalue weighted by Gasteiger charge is 2.09. The van der Waals surface area contributed by atoms with Crippen LogP contribution >= 0.6 is 0 Å². The number of furan rings is 1. The van der Waals surface area contributed by atoms with Crippen molar-refractivity contribution >= 4 is 5.96 Å². The van der Waals surface area contributed by atoms with Gasteiger partial charge in [-0.15, -0.1) is 0 Å². The van der Waals surface area contributed by atoms with E-state index in [1.165, 1.54) is 0 Å².